The van der Waals surface area contributed by atoms with Crippen molar-refractivity contribution < 1.29 is 0 Å². The molecule has 0 aliphatic rings. The van der Waals surface area contributed by atoms with Crippen LogP contribution in [-0.4, -0.2) is 4.98 Å². The van der Waals surface area contributed by atoms with Gasteiger partial charge in [-0.1, -0.05) is 29.8 Å². The number of hydrogen-bond donors (Lipinski definition) is 2. The number of hydrogen-bond acceptors (Lipinski definition) is 3. The van der Waals surface area contributed by atoms with Crippen LogP contribution in [0.1, 0.15) is 23.7 Å². The molecule has 2 rings (SSSR count). The van der Waals surface area contributed by atoms with Gasteiger partial charge in [0.05, 0.1) is 0 Å². The summed E-state index contributed by atoms with van der Waals surface area (Å²) in [7, 11) is 0. The molecule has 0 aliphatic heterocycles. The van der Waals surface area contributed by atoms with Crippen molar-refractivity contribution in [3.63, 3.8) is 0 Å². The van der Waals surface area contributed by atoms with Crippen LogP contribution >= 0.6 is 11.6 Å². The molecule has 0 saturated heterocycles. The molecular formula is C14H16ClN3. The predicted octanol–water partition coefficient (Wildman–Crippen LogP) is 2.87. The van der Waals surface area contributed by atoms with Crippen LogP contribution in [0.15, 0.2) is 48.7 Å². The first-order chi connectivity index (χ1) is 8.79. The Labute approximate surface area is 112 Å². The lowest BCUT2D eigenvalue weighted by atomic mass is 10.0. The van der Waals surface area contributed by atoms with Crippen molar-refractivity contribution in [2.45, 2.75) is 18.9 Å². The lowest BCUT2D eigenvalue weighted by Crippen LogP contribution is -2.28. The second-order valence-corrected chi connectivity index (χ2v) is 4.57. The monoisotopic (exact) mass is 261 g/mol. The van der Waals surface area contributed by atoms with E-state index in [4.69, 9.17) is 17.4 Å². The van der Waals surface area contributed by atoms with E-state index in [9.17, 15) is 0 Å². The van der Waals surface area contributed by atoms with Crippen LogP contribution in [0, 0.1) is 0 Å². The molecule has 3 nitrogen and oxygen atoms in total. The zero-order valence-electron chi connectivity index (χ0n) is 10.0. The Bertz CT molecular complexity index is 470. The molecule has 1 unspecified atom stereocenters. The van der Waals surface area contributed by atoms with Gasteiger partial charge in [0, 0.05) is 23.0 Å². The molecule has 0 amide bonds. The van der Waals surface area contributed by atoms with E-state index in [1.165, 1.54) is 0 Å². The molecule has 1 atom stereocenters. The van der Waals surface area contributed by atoms with E-state index in [1.54, 1.807) is 0 Å². The number of halogens is 1. The Balaban J connectivity index is 1.99. The molecule has 0 fully saturated rings. The summed E-state index contributed by atoms with van der Waals surface area (Å²) in [6.07, 6.45) is 3.59. The van der Waals surface area contributed by atoms with Gasteiger partial charge >= 0.3 is 0 Å². The molecule has 2 aromatic rings. The minimum atomic E-state index is 0.115. The Morgan fingerprint density at radius 3 is 2.56 bits per heavy atom. The Kier molecular flexibility index (Phi) is 4.70. The van der Waals surface area contributed by atoms with Gasteiger partial charge in [-0.05, 0) is 42.7 Å². The van der Waals surface area contributed by atoms with Crippen LogP contribution in [0.3, 0.4) is 0 Å². The summed E-state index contributed by atoms with van der Waals surface area (Å²) >= 11 is 5.87. The first kappa shape index (κ1) is 13.0. The quantitative estimate of drug-likeness (QED) is 0.643. The number of hydrazine groups is 1. The van der Waals surface area contributed by atoms with E-state index in [2.05, 4.69) is 10.4 Å². The third-order valence-corrected chi connectivity index (χ3v) is 3.14. The number of rotatable bonds is 5. The van der Waals surface area contributed by atoms with Crippen molar-refractivity contribution in [1.29, 1.82) is 0 Å². The van der Waals surface area contributed by atoms with Gasteiger partial charge in [0.2, 0.25) is 0 Å². The summed E-state index contributed by atoms with van der Waals surface area (Å²) < 4.78 is 0. The highest BCUT2D eigenvalue weighted by Gasteiger charge is 2.09. The largest absolute Gasteiger partial charge is 0.271 e. The van der Waals surface area contributed by atoms with Crippen LogP contribution in [0.2, 0.25) is 5.02 Å². The van der Waals surface area contributed by atoms with Crippen molar-refractivity contribution >= 4 is 11.6 Å². The number of nitrogens with two attached hydrogens (primary N) is 1. The maximum absolute atomic E-state index is 5.87. The lowest BCUT2D eigenvalue weighted by molar-refractivity contribution is 0.514. The maximum Gasteiger partial charge on any atom is 0.0463 e. The van der Waals surface area contributed by atoms with E-state index >= 15 is 0 Å². The van der Waals surface area contributed by atoms with Crippen LogP contribution in [0.25, 0.3) is 0 Å². The number of aryl methyl sites for hydroxylation is 1. The molecule has 0 aliphatic carbocycles. The van der Waals surface area contributed by atoms with Gasteiger partial charge in [0.15, 0.2) is 0 Å². The molecule has 0 spiro atoms. The van der Waals surface area contributed by atoms with Gasteiger partial charge in [-0.15, -0.1) is 0 Å². The third kappa shape index (κ3) is 3.53. The predicted molar refractivity (Wildman–Crippen MR) is 74.1 cm³/mol. The minimum absolute atomic E-state index is 0.115. The van der Waals surface area contributed by atoms with Crippen LogP contribution < -0.4 is 11.3 Å². The topological polar surface area (TPSA) is 50.9 Å². The zero-order valence-corrected chi connectivity index (χ0v) is 10.8. The van der Waals surface area contributed by atoms with Gasteiger partial charge in [-0.25, -0.2) is 0 Å². The maximum atomic E-state index is 5.87. The van der Waals surface area contributed by atoms with Crippen molar-refractivity contribution in [3.8, 4) is 0 Å². The number of aromatic nitrogens is 1. The van der Waals surface area contributed by atoms with Crippen molar-refractivity contribution in [2.24, 2.45) is 5.84 Å². The van der Waals surface area contributed by atoms with E-state index < -0.39 is 0 Å². The highest BCUT2D eigenvalue weighted by molar-refractivity contribution is 6.30. The second kappa shape index (κ2) is 6.50. The fourth-order valence-corrected chi connectivity index (χ4v) is 2.01. The van der Waals surface area contributed by atoms with Gasteiger partial charge in [0.1, 0.15) is 0 Å². The van der Waals surface area contributed by atoms with E-state index in [1.807, 2.05) is 48.7 Å². The molecule has 0 saturated carbocycles. The van der Waals surface area contributed by atoms with E-state index in [0.717, 1.165) is 29.1 Å². The summed E-state index contributed by atoms with van der Waals surface area (Å²) in [4.78, 5) is 4.30. The molecule has 1 aromatic heterocycles. The smallest absolute Gasteiger partial charge is 0.0463 e. The molecule has 0 radical (unpaired) electrons. The SMILES string of the molecule is NNC(CCc1ccccn1)c1ccc(Cl)cc1. The van der Waals surface area contributed by atoms with Gasteiger partial charge in [-0.2, -0.15) is 0 Å². The Morgan fingerprint density at radius 2 is 1.94 bits per heavy atom. The van der Waals surface area contributed by atoms with Gasteiger partial charge in [0.25, 0.3) is 0 Å². The number of nitrogens with zero attached hydrogens (tertiary/aromatic N) is 1. The highest BCUT2D eigenvalue weighted by atomic mass is 35.5. The van der Waals surface area contributed by atoms with E-state index in [-0.39, 0.29) is 6.04 Å². The summed E-state index contributed by atoms with van der Waals surface area (Å²) in [6, 6.07) is 13.8. The normalized spacial score (nSPS) is 12.3. The average molecular weight is 262 g/mol. The van der Waals surface area contributed by atoms with Gasteiger partial charge < -0.3 is 0 Å². The van der Waals surface area contributed by atoms with Crippen LogP contribution in [-0.2, 0) is 6.42 Å². The molecule has 3 N–H and O–H groups in total. The molecule has 0 bridgehead atoms. The number of benzene rings is 1. The number of pyridine rings is 1. The molecular weight excluding hydrogens is 246 g/mol. The summed E-state index contributed by atoms with van der Waals surface area (Å²) in [6.45, 7) is 0. The standard InChI is InChI=1S/C14H16ClN3/c15-12-6-4-11(5-7-12)14(18-16)9-8-13-3-1-2-10-17-13/h1-7,10,14,18H,8-9,16H2. The first-order valence-corrected chi connectivity index (χ1v) is 6.29. The molecule has 1 aromatic carbocycles. The van der Waals surface area contributed by atoms with Gasteiger partial charge in [-0.3, -0.25) is 16.3 Å². The van der Waals surface area contributed by atoms with Crippen molar-refractivity contribution in [1.82, 2.24) is 10.4 Å². The third-order valence-electron chi connectivity index (χ3n) is 2.89. The van der Waals surface area contributed by atoms with Crippen molar-refractivity contribution in [2.75, 3.05) is 0 Å². The lowest BCUT2D eigenvalue weighted by Gasteiger charge is -2.16. The Hall–Kier alpha value is -1.42. The fraction of sp³-hybridized carbons (Fsp3) is 0.214. The van der Waals surface area contributed by atoms with E-state index in [0.29, 0.717) is 0 Å². The average Bonchev–Trinajstić information content (AvgIpc) is 2.42. The first-order valence-electron chi connectivity index (χ1n) is 5.91. The molecule has 94 valence electrons. The summed E-state index contributed by atoms with van der Waals surface area (Å²) in [5, 5.41) is 0.735. The minimum Gasteiger partial charge on any atom is -0.271 e. The fourth-order valence-electron chi connectivity index (χ4n) is 1.88. The molecule has 18 heavy (non-hydrogen) atoms. The second-order valence-electron chi connectivity index (χ2n) is 4.13. The number of nitrogens with one attached hydrogen (secondary N) is 1. The van der Waals surface area contributed by atoms with Crippen molar-refractivity contribution in [3.05, 3.63) is 64.9 Å². The summed E-state index contributed by atoms with van der Waals surface area (Å²) in [5.74, 6) is 5.60. The highest BCUT2D eigenvalue weighted by Crippen LogP contribution is 2.20. The molecule has 4 heteroatoms. The Morgan fingerprint density at radius 1 is 1.17 bits per heavy atom. The molecule has 1 heterocycles. The van der Waals surface area contributed by atoms with Crippen LogP contribution in [0.4, 0.5) is 0 Å². The zero-order chi connectivity index (χ0) is 12.8. The summed E-state index contributed by atoms with van der Waals surface area (Å²) in [5.41, 5.74) is 5.05. The van der Waals surface area contributed by atoms with Crippen LogP contribution in [0.5, 0.6) is 0 Å².